The van der Waals surface area contributed by atoms with E-state index in [9.17, 15) is 12.8 Å². The minimum atomic E-state index is -3.59. The lowest BCUT2D eigenvalue weighted by molar-refractivity contribution is 0.325. The SMILES string of the molecule is C[C@@H]1c2ccc(F)cc2CCN1S(=O)(=O)c1cccnc1. The molecule has 2 aromatic rings. The summed E-state index contributed by atoms with van der Waals surface area (Å²) in [6, 6.07) is 7.34. The zero-order chi connectivity index (χ0) is 15.0. The highest BCUT2D eigenvalue weighted by molar-refractivity contribution is 7.89. The number of benzene rings is 1. The first-order valence-corrected chi connectivity index (χ1v) is 8.14. The third-order valence-corrected chi connectivity index (χ3v) is 5.78. The Hall–Kier alpha value is -1.79. The Kier molecular flexibility index (Phi) is 3.51. The van der Waals surface area contributed by atoms with E-state index in [-0.39, 0.29) is 16.8 Å². The number of fused-ring (bicyclic) bond motifs is 1. The topological polar surface area (TPSA) is 50.3 Å². The Labute approximate surface area is 123 Å². The van der Waals surface area contributed by atoms with Gasteiger partial charge in [0.15, 0.2) is 0 Å². The standard InChI is InChI=1S/C15H15FN2O2S/c1-11-15-5-4-13(16)9-12(15)6-8-18(11)21(19,20)14-3-2-7-17-10-14/h2-5,7,9-11H,6,8H2,1H3/t11-/m1/s1. The Morgan fingerprint density at radius 3 is 2.86 bits per heavy atom. The highest BCUT2D eigenvalue weighted by atomic mass is 32.2. The molecule has 0 N–H and O–H groups in total. The highest BCUT2D eigenvalue weighted by Gasteiger charge is 2.33. The molecule has 1 aliphatic rings. The lowest BCUT2D eigenvalue weighted by Crippen LogP contribution is -2.38. The summed E-state index contributed by atoms with van der Waals surface area (Å²) in [6.07, 6.45) is 3.40. The van der Waals surface area contributed by atoms with Crippen molar-refractivity contribution >= 4 is 10.0 Å². The van der Waals surface area contributed by atoms with Gasteiger partial charge in [-0.1, -0.05) is 6.07 Å². The summed E-state index contributed by atoms with van der Waals surface area (Å²) in [5, 5.41) is 0. The van der Waals surface area contributed by atoms with Gasteiger partial charge in [-0.15, -0.1) is 0 Å². The van der Waals surface area contributed by atoms with Crippen molar-refractivity contribution in [1.29, 1.82) is 0 Å². The van der Waals surface area contributed by atoms with Crippen molar-refractivity contribution in [2.75, 3.05) is 6.54 Å². The molecule has 0 aliphatic carbocycles. The molecule has 21 heavy (non-hydrogen) atoms. The van der Waals surface area contributed by atoms with Crippen molar-refractivity contribution in [3.05, 3.63) is 59.7 Å². The normalized spacial score (nSPS) is 19.2. The molecule has 1 aromatic heterocycles. The van der Waals surface area contributed by atoms with Gasteiger partial charge in [-0.05, 0) is 48.7 Å². The third kappa shape index (κ3) is 2.45. The summed E-state index contributed by atoms with van der Waals surface area (Å²) in [7, 11) is -3.59. The molecule has 1 aliphatic heterocycles. The molecule has 3 rings (SSSR count). The minimum Gasteiger partial charge on any atom is -0.263 e. The molecular weight excluding hydrogens is 291 g/mol. The number of pyridine rings is 1. The van der Waals surface area contributed by atoms with E-state index in [1.54, 1.807) is 12.1 Å². The second-order valence-electron chi connectivity index (χ2n) is 5.07. The minimum absolute atomic E-state index is 0.183. The molecule has 0 bridgehead atoms. The smallest absolute Gasteiger partial charge is 0.245 e. The molecule has 4 nitrogen and oxygen atoms in total. The van der Waals surface area contributed by atoms with Gasteiger partial charge in [0.05, 0.1) is 0 Å². The molecule has 0 saturated carbocycles. The van der Waals surface area contributed by atoms with E-state index in [1.807, 2.05) is 6.92 Å². The van der Waals surface area contributed by atoms with Gasteiger partial charge in [0.25, 0.3) is 0 Å². The molecule has 0 amide bonds. The molecule has 110 valence electrons. The van der Waals surface area contributed by atoms with Crippen molar-refractivity contribution in [3.63, 3.8) is 0 Å². The molecule has 1 aromatic carbocycles. The fourth-order valence-electron chi connectivity index (χ4n) is 2.74. The van der Waals surface area contributed by atoms with Gasteiger partial charge in [-0.3, -0.25) is 4.98 Å². The Balaban J connectivity index is 2.00. The van der Waals surface area contributed by atoms with E-state index in [1.165, 1.54) is 34.9 Å². The largest absolute Gasteiger partial charge is 0.263 e. The first-order chi connectivity index (χ1) is 10.00. The molecule has 0 fully saturated rings. The fourth-order valence-corrected chi connectivity index (χ4v) is 4.32. The van der Waals surface area contributed by atoms with E-state index >= 15 is 0 Å². The average molecular weight is 306 g/mol. The molecule has 6 heteroatoms. The van der Waals surface area contributed by atoms with Gasteiger partial charge < -0.3 is 0 Å². The number of aromatic nitrogens is 1. The van der Waals surface area contributed by atoms with Crippen LogP contribution in [-0.4, -0.2) is 24.3 Å². The molecule has 0 saturated heterocycles. The number of nitrogens with zero attached hydrogens (tertiary/aromatic N) is 2. The zero-order valence-electron chi connectivity index (χ0n) is 11.5. The van der Waals surface area contributed by atoms with Crippen LogP contribution in [0.2, 0.25) is 0 Å². The monoisotopic (exact) mass is 306 g/mol. The van der Waals surface area contributed by atoms with Crippen molar-refractivity contribution in [3.8, 4) is 0 Å². The van der Waals surface area contributed by atoms with Crippen LogP contribution >= 0.6 is 0 Å². The fraction of sp³-hybridized carbons (Fsp3) is 0.267. The molecule has 0 radical (unpaired) electrons. The summed E-state index contributed by atoms with van der Waals surface area (Å²) < 4.78 is 40.1. The maximum Gasteiger partial charge on any atom is 0.245 e. The number of sulfonamides is 1. The van der Waals surface area contributed by atoms with Gasteiger partial charge >= 0.3 is 0 Å². The van der Waals surface area contributed by atoms with Gasteiger partial charge in [0.2, 0.25) is 10.0 Å². The van der Waals surface area contributed by atoms with Gasteiger partial charge in [-0.2, -0.15) is 4.31 Å². The lowest BCUT2D eigenvalue weighted by atomic mass is 9.95. The van der Waals surface area contributed by atoms with Crippen LogP contribution in [0.25, 0.3) is 0 Å². The number of hydrogen-bond acceptors (Lipinski definition) is 3. The maximum atomic E-state index is 13.3. The van der Waals surface area contributed by atoms with Gasteiger partial charge in [0.1, 0.15) is 10.7 Å². The molecular formula is C15H15FN2O2S. The van der Waals surface area contributed by atoms with Crippen molar-refractivity contribution in [1.82, 2.24) is 9.29 Å². The van der Waals surface area contributed by atoms with Crippen molar-refractivity contribution < 1.29 is 12.8 Å². The number of rotatable bonds is 2. The van der Waals surface area contributed by atoms with Crippen LogP contribution in [0.5, 0.6) is 0 Å². The van der Waals surface area contributed by atoms with Gasteiger partial charge in [-0.25, -0.2) is 12.8 Å². The summed E-state index contributed by atoms with van der Waals surface area (Å²) in [5.41, 5.74) is 1.73. The number of hydrogen-bond donors (Lipinski definition) is 0. The zero-order valence-corrected chi connectivity index (χ0v) is 12.3. The maximum absolute atomic E-state index is 13.3. The van der Waals surface area contributed by atoms with E-state index in [0.29, 0.717) is 13.0 Å². The first-order valence-electron chi connectivity index (χ1n) is 6.70. The van der Waals surface area contributed by atoms with Crippen LogP contribution in [-0.2, 0) is 16.4 Å². The predicted octanol–water partition coefficient (Wildman–Crippen LogP) is 2.53. The Bertz CT molecular complexity index is 762. The van der Waals surface area contributed by atoms with Crippen LogP contribution in [0.4, 0.5) is 4.39 Å². The lowest BCUT2D eigenvalue weighted by Gasteiger charge is -2.34. The third-order valence-electron chi connectivity index (χ3n) is 3.83. The summed E-state index contributed by atoms with van der Waals surface area (Å²) in [4.78, 5) is 4.05. The van der Waals surface area contributed by atoms with Crippen LogP contribution in [0.15, 0.2) is 47.6 Å². The molecule has 2 heterocycles. The molecule has 1 atom stereocenters. The van der Waals surface area contributed by atoms with Gasteiger partial charge in [0, 0.05) is 25.0 Å². The molecule has 0 spiro atoms. The Morgan fingerprint density at radius 1 is 1.33 bits per heavy atom. The van der Waals surface area contributed by atoms with E-state index in [4.69, 9.17) is 0 Å². The first kappa shape index (κ1) is 14.2. The van der Waals surface area contributed by atoms with Crippen LogP contribution in [0.1, 0.15) is 24.1 Å². The van der Waals surface area contributed by atoms with Crippen LogP contribution in [0, 0.1) is 5.82 Å². The quantitative estimate of drug-likeness (QED) is 0.856. The summed E-state index contributed by atoms with van der Waals surface area (Å²) in [6.45, 7) is 2.17. The van der Waals surface area contributed by atoms with E-state index in [2.05, 4.69) is 4.98 Å². The van der Waals surface area contributed by atoms with Crippen LogP contribution in [0.3, 0.4) is 0 Å². The second kappa shape index (κ2) is 5.20. The predicted molar refractivity (Wildman–Crippen MR) is 76.6 cm³/mol. The van der Waals surface area contributed by atoms with Crippen LogP contribution < -0.4 is 0 Å². The molecule has 0 unspecified atom stereocenters. The Morgan fingerprint density at radius 2 is 2.14 bits per heavy atom. The van der Waals surface area contributed by atoms with E-state index < -0.39 is 10.0 Å². The highest BCUT2D eigenvalue weighted by Crippen LogP contribution is 2.33. The average Bonchev–Trinajstić information content (AvgIpc) is 2.48. The second-order valence-corrected chi connectivity index (χ2v) is 6.96. The van der Waals surface area contributed by atoms with E-state index in [0.717, 1.165) is 11.1 Å². The number of halogens is 1. The van der Waals surface area contributed by atoms with Crippen molar-refractivity contribution in [2.45, 2.75) is 24.3 Å². The van der Waals surface area contributed by atoms with Crippen molar-refractivity contribution in [2.24, 2.45) is 0 Å². The summed E-state index contributed by atoms with van der Waals surface area (Å²) in [5.74, 6) is -0.287. The summed E-state index contributed by atoms with van der Waals surface area (Å²) >= 11 is 0.